The number of rotatable bonds is 10. The van der Waals surface area contributed by atoms with Gasteiger partial charge in [-0.05, 0) is 49.6 Å². The molecule has 0 fully saturated rings. The predicted octanol–water partition coefficient (Wildman–Crippen LogP) is 4.00. The lowest BCUT2D eigenvalue weighted by molar-refractivity contribution is -0.139. The molecule has 1 amide bonds. The van der Waals surface area contributed by atoms with Gasteiger partial charge >= 0.3 is 5.97 Å². The molecule has 0 atom stereocenters. The van der Waals surface area contributed by atoms with Crippen LogP contribution < -0.4 is 9.47 Å². The van der Waals surface area contributed by atoms with Gasteiger partial charge in [0, 0.05) is 19.2 Å². The molecule has 0 saturated heterocycles. The van der Waals surface area contributed by atoms with Crippen molar-refractivity contribution in [2.24, 2.45) is 0 Å². The first-order valence-electron chi connectivity index (χ1n) is 9.57. The third kappa shape index (κ3) is 6.68. The van der Waals surface area contributed by atoms with Crippen LogP contribution in [0.3, 0.4) is 0 Å². The normalized spacial score (nSPS) is 11.1. The van der Waals surface area contributed by atoms with Gasteiger partial charge in [0.1, 0.15) is 6.61 Å². The number of carbonyl (C=O) groups excluding carboxylic acids is 1. The molecule has 0 bridgehead atoms. The van der Waals surface area contributed by atoms with Crippen LogP contribution in [0.4, 0.5) is 0 Å². The van der Waals surface area contributed by atoms with E-state index in [9.17, 15) is 9.59 Å². The third-order valence-corrected chi connectivity index (χ3v) is 4.40. The maximum atomic E-state index is 12.3. The molecular formula is C23H27NO5. The van der Waals surface area contributed by atoms with Crippen LogP contribution in [-0.4, -0.2) is 41.6 Å². The molecule has 29 heavy (non-hydrogen) atoms. The average Bonchev–Trinajstić information content (AvgIpc) is 2.72. The second kappa shape index (κ2) is 10.9. The topological polar surface area (TPSA) is 76.1 Å². The number of hydrogen-bond donors (Lipinski definition) is 1. The van der Waals surface area contributed by atoms with Gasteiger partial charge < -0.3 is 19.5 Å². The molecule has 154 valence electrons. The summed E-state index contributed by atoms with van der Waals surface area (Å²) in [7, 11) is 0. The minimum atomic E-state index is -1.08. The smallest absolute Gasteiger partial charge is 0.341 e. The minimum absolute atomic E-state index is 0.0649. The number of ether oxygens (including phenoxy) is 2. The van der Waals surface area contributed by atoms with Crippen molar-refractivity contribution in [3.05, 3.63) is 65.7 Å². The third-order valence-electron chi connectivity index (χ3n) is 4.40. The van der Waals surface area contributed by atoms with Crippen molar-refractivity contribution in [2.75, 3.05) is 19.7 Å². The van der Waals surface area contributed by atoms with E-state index in [1.165, 1.54) is 0 Å². The summed E-state index contributed by atoms with van der Waals surface area (Å²) in [5.41, 5.74) is 2.51. The minimum Gasteiger partial charge on any atom is -0.485 e. The standard InChI is InChI=1S/C23H27NO5/c1-4-24(5-2)22(25)13-17(3)19-11-12-20(21(14-19)29-16-23(26)27)28-15-18-9-7-6-8-10-18/h6-14H,4-5,15-16H2,1-3H3,(H,26,27). The zero-order chi connectivity index (χ0) is 21.2. The number of hydrogen-bond acceptors (Lipinski definition) is 4. The zero-order valence-corrected chi connectivity index (χ0v) is 17.1. The fourth-order valence-electron chi connectivity index (χ4n) is 2.76. The number of benzene rings is 2. The fraction of sp³-hybridized carbons (Fsp3) is 0.304. The van der Waals surface area contributed by atoms with Gasteiger partial charge in [0.05, 0.1) is 0 Å². The first-order chi connectivity index (χ1) is 13.9. The maximum Gasteiger partial charge on any atom is 0.341 e. The van der Waals surface area contributed by atoms with E-state index < -0.39 is 12.6 Å². The van der Waals surface area contributed by atoms with E-state index in [1.54, 1.807) is 23.1 Å². The summed E-state index contributed by atoms with van der Waals surface area (Å²) in [6, 6.07) is 14.9. The maximum absolute atomic E-state index is 12.3. The number of likely N-dealkylation sites (N-methyl/N-ethyl adjacent to an activating group) is 1. The van der Waals surface area contributed by atoms with Gasteiger partial charge in [-0.25, -0.2) is 4.79 Å². The van der Waals surface area contributed by atoms with E-state index in [1.807, 2.05) is 57.2 Å². The van der Waals surface area contributed by atoms with Crippen LogP contribution in [0.1, 0.15) is 31.9 Å². The number of allylic oxidation sites excluding steroid dienone is 1. The summed E-state index contributed by atoms with van der Waals surface area (Å²) in [6.45, 7) is 6.83. The Morgan fingerprint density at radius 1 is 1.00 bits per heavy atom. The lowest BCUT2D eigenvalue weighted by atomic mass is 10.1. The van der Waals surface area contributed by atoms with Crippen LogP contribution >= 0.6 is 0 Å². The quantitative estimate of drug-likeness (QED) is 0.613. The van der Waals surface area contributed by atoms with E-state index in [2.05, 4.69) is 0 Å². The van der Waals surface area contributed by atoms with Gasteiger partial charge in [-0.3, -0.25) is 4.79 Å². The van der Waals surface area contributed by atoms with Crippen molar-refractivity contribution in [2.45, 2.75) is 27.4 Å². The molecule has 1 N–H and O–H groups in total. The van der Waals surface area contributed by atoms with Gasteiger partial charge in [0.15, 0.2) is 18.1 Å². The van der Waals surface area contributed by atoms with E-state index >= 15 is 0 Å². The van der Waals surface area contributed by atoms with Gasteiger partial charge in [-0.15, -0.1) is 0 Å². The Bertz CT molecular complexity index is 857. The van der Waals surface area contributed by atoms with Crippen LogP contribution in [0.2, 0.25) is 0 Å². The van der Waals surface area contributed by atoms with E-state index in [0.717, 1.165) is 16.7 Å². The first-order valence-corrected chi connectivity index (χ1v) is 9.57. The van der Waals surface area contributed by atoms with Crippen molar-refractivity contribution < 1.29 is 24.2 Å². The lowest BCUT2D eigenvalue weighted by Gasteiger charge is -2.17. The Balaban J connectivity index is 2.24. The Morgan fingerprint density at radius 3 is 2.31 bits per heavy atom. The van der Waals surface area contributed by atoms with Gasteiger partial charge in [-0.2, -0.15) is 0 Å². The van der Waals surface area contributed by atoms with E-state index in [0.29, 0.717) is 31.2 Å². The van der Waals surface area contributed by atoms with Crippen LogP contribution in [0.5, 0.6) is 11.5 Å². The Hall–Kier alpha value is -3.28. The number of carboxylic acid groups (broad SMARTS) is 1. The van der Waals surface area contributed by atoms with E-state index in [-0.39, 0.29) is 5.91 Å². The Labute approximate surface area is 171 Å². The molecule has 6 nitrogen and oxygen atoms in total. The van der Waals surface area contributed by atoms with Crippen molar-refractivity contribution in [1.29, 1.82) is 0 Å². The molecular weight excluding hydrogens is 370 g/mol. The molecule has 0 saturated carbocycles. The Kier molecular flexibility index (Phi) is 8.27. The molecule has 2 aromatic carbocycles. The predicted molar refractivity (Wildman–Crippen MR) is 112 cm³/mol. The van der Waals surface area contributed by atoms with Gasteiger partial charge in [0.2, 0.25) is 5.91 Å². The van der Waals surface area contributed by atoms with Crippen LogP contribution in [0, 0.1) is 0 Å². The first kappa shape index (κ1) is 22.0. The SMILES string of the molecule is CCN(CC)C(=O)C=C(C)c1ccc(OCc2ccccc2)c(OCC(=O)O)c1. The summed E-state index contributed by atoms with van der Waals surface area (Å²) in [5, 5.41) is 8.96. The number of carboxylic acids is 1. The van der Waals surface area contributed by atoms with Crippen LogP contribution in [-0.2, 0) is 16.2 Å². The van der Waals surface area contributed by atoms with Crippen molar-refractivity contribution >= 4 is 17.4 Å². The summed E-state index contributed by atoms with van der Waals surface area (Å²) >= 11 is 0. The molecule has 0 aliphatic rings. The largest absolute Gasteiger partial charge is 0.485 e. The highest BCUT2D eigenvalue weighted by Gasteiger charge is 2.12. The van der Waals surface area contributed by atoms with Crippen LogP contribution in [0.15, 0.2) is 54.6 Å². The highest BCUT2D eigenvalue weighted by molar-refractivity contribution is 5.95. The second-order valence-electron chi connectivity index (χ2n) is 6.46. The summed E-state index contributed by atoms with van der Waals surface area (Å²) in [4.78, 5) is 25.0. The van der Waals surface area contributed by atoms with Gasteiger partial charge in [-0.1, -0.05) is 36.4 Å². The monoisotopic (exact) mass is 397 g/mol. The number of aliphatic carboxylic acids is 1. The fourth-order valence-corrected chi connectivity index (χ4v) is 2.76. The number of nitrogens with zero attached hydrogens (tertiary/aromatic N) is 1. The number of amides is 1. The summed E-state index contributed by atoms with van der Waals surface area (Å²) in [6.07, 6.45) is 1.58. The Morgan fingerprint density at radius 2 is 1.69 bits per heavy atom. The van der Waals surface area contributed by atoms with Crippen molar-refractivity contribution in [3.63, 3.8) is 0 Å². The molecule has 2 aromatic rings. The summed E-state index contributed by atoms with van der Waals surface area (Å²) < 4.78 is 11.3. The van der Waals surface area contributed by atoms with Crippen molar-refractivity contribution in [3.8, 4) is 11.5 Å². The molecule has 0 unspecified atom stereocenters. The summed E-state index contributed by atoms with van der Waals surface area (Å²) in [5.74, 6) is -0.371. The zero-order valence-electron chi connectivity index (χ0n) is 17.1. The van der Waals surface area contributed by atoms with E-state index in [4.69, 9.17) is 14.6 Å². The molecule has 0 aliphatic carbocycles. The highest BCUT2D eigenvalue weighted by Crippen LogP contribution is 2.31. The molecule has 6 heteroatoms. The average molecular weight is 397 g/mol. The van der Waals surface area contributed by atoms with Gasteiger partial charge in [0.25, 0.3) is 0 Å². The van der Waals surface area contributed by atoms with Crippen molar-refractivity contribution in [1.82, 2.24) is 4.90 Å². The molecule has 2 rings (SSSR count). The second-order valence-corrected chi connectivity index (χ2v) is 6.46. The highest BCUT2D eigenvalue weighted by atomic mass is 16.5. The van der Waals surface area contributed by atoms with Crippen LogP contribution in [0.25, 0.3) is 5.57 Å². The molecule has 0 aliphatic heterocycles. The molecule has 0 aromatic heterocycles. The lowest BCUT2D eigenvalue weighted by Crippen LogP contribution is -2.28. The molecule has 0 heterocycles. The number of carbonyl (C=O) groups is 2. The molecule has 0 spiro atoms. The molecule has 0 radical (unpaired) electrons.